The van der Waals surface area contributed by atoms with Gasteiger partial charge >= 0.3 is 0 Å². The molecule has 1 aliphatic heterocycles. The van der Waals surface area contributed by atoms with Crippen LogP contribution < -0.4 is 10.3 Å². The van der Waals surface area contributed by atoms with Gasteiger partial charge in [0.25, 0.3) is 0 Å². The maximum Gasteiger partial charge on any atom is 0.198 e. The highest BCUT2D eigenvalue weighted by Crippen LogP contribution is 2.11. The van der Waals surface area contributed by atoms with Crippen molar-refractivity contribution >= 4 is 10.9 Å². The standard InChI is InChI=1S/C17H22N2O/c1-12-7-9-19(10-8-12)11-15-13(2)18-16-6-4-3-5-14(16)17(15)20/h3-6,12H,7-11H2,1-2H3,(H,18,20)/p+1. The fourth-order valence-corrected chi connectivity index (χ4v) is 3.21. The zero-order valence-corrected chi connectivity index (χ0v) is 12.3. The van der Waals surface area contributed by atoms with Gasteiger partial charge in [0, 0.05) is 16.6 Å². The molecule has 3 heteroatoms. The molecule has 3 rings (SSSR count). The third kappa shape index (κ3) is 2.50. The summed E-state index contributed by atoms with van der Waals surface area (Å²) in [7, 11) is 0. The number of benzene rings is 1. The Balaban J connectivity index is 1.93. The van der Waals surface area contributed by atoms with Crippen LogP contribution in [-0.2, 0) is 6.54 Å². The first-order chi connectivity index (χ1) is 9.65. The Bertz CT molecular complexity index is 666. The summed E-state index contributed by atoms with van der Waals surface area (Å²) in [6.07, 6.45) is 2.56. The molecule has 0 spiro atoms. The summed E-state index contributed by atoms with van der Waals surface area (Å²) in [5.74, 6) is 0.842. The van der Waals surface area contributed by atoms with Crippen LogP contribution in [0.1, 0.15) is 31.0 Å². The van der Waals surface area contributed by atoms with Crippen molar-refractivity contribution in [3.05, 3.63) is 45.7 Å². The predicted octanol–water partition coefficient (Wildman–Crippen LogP) is 1.65. The third-order valence-corrected chi connectivity index (χ3v) is 4.63. The number of hydrogen-bond acceptors (Lipinski definition) is 1. The summed E-state index contributed by atoms with van der Waals surface area (Å²) in [4.78, 5) is 17.6. The van der Waals surface area contributed by atoms with E-state index in [0.717, 1.165) is 34.6 Å². The Morgan fingerprint density at radius 1 is 1.25 bits per heavy atom. The lowest BCUT2D eigenvalue weighted by Gasteiger charge is -2.27. The zero-order valence-electron chi connectivity index (χ0n) is 12.3. The number of hydrogen-bond donors (Lipinski definition) is 2. The van der Waals surface area contributed by atoms with Gasteiger partial charge in [-0.25, -0.2) is 0 Å². The van der Waals surface area contributed by atoms with Gasteiger partial charge in [-0.2, -0.15) is 0 Å². The topological polar surface area (TPSA) is 37.3 Å². The maximum absolute atomic E-state index is 12.7. The van der Waals surface area contributed by atoms with E-state index in [4.69, 9.17) is 0 Å². The lowest BCUT2D eigenvalue weighted by molar-refractivity contribution is -0.919. The summed E-state index contributed by atoms with van der Waals surface area (Å²) in [5, 5.41) is 0.817. The number of piperidine rings is 1. The van der Waals surface area contributed by atoms with Gasteiger partial charge in [-0.1, -0.05) is 19.1 Å². The van der Waals surface area contributed by atoms with E-state index >= 15 is 0 Å². The van der Waals surface area contributed by atoms with E-state index in [0.29, 0.717) is 0 Å². The molecular weight excluding hydrogens is 248 g/mol. The smallest absolute Gasteiger partial charge is 0.198 e. The lowest BCUT2D eigenvalue weighted by atomic mass is 9.98. The molecule has 1 saturated heterocycles. The average molecular weight is 271 g/mol. The van der Waals surface area contributed by atoms with Gasteiger partial charge in [0.2, 0.25) is 0 Å². The van der Waals surface area contributed by atoms with Crippen LogP contribution in [0.25, 0.3) is 10.9 Å². The second-order valence-electron chi connectivity index (χ2n) is 6.21. The molecule has 0 amide bonds. The van der Waals surface area contributed by atoms with E-state index in [9.17, 15) is 4.79 Å². The van der Waals surface area contributed by atoms with Gasteiger partial charge in [0.15, 0.2) is 5.43 Å². The SMILES string of the molecule is Cc1[nH]c2ccccc2c(=O)c1C[NH+]1CCC(C)CC1. The Labute approximate surface area is 119 Å². The Hall–Kier alpha value is -1.61. The minimum absolute atomic E-state index is 0.211. The van der Waals surface area contributed by atoms with Crippen molar-refractivity contribution in [3.63, 3.8) is 0 Å². The monoisotopic (exact) mass is 271 g/mol. The molecule has 1 fully saturated rings. The molecule has 2 heterocycles. The van der Waals surface area contributed by atoms with Crippen LogP contribution in [0.2, 0.25) is 0 Å². The summed E-state index contributed by atoms with van der Waals surface area (Å²) in [6.45, 7) is 7.58. The molecule has 0 saturated carbocycles. The van der Waals surface area contributed by atoms with E-state index in [2.05, 4.69) is 11.9 Å². The fourth-order valence-electron chi connectivity index (χ4n) is 3.21. The number of rotatable bonds is 2. The summed E-state index contributed by atoms with van der Waals surface area (Å²) in [6, 6.07) is 7.80. The van der Waals surface area contributed by atoms with Crippen molar-refractivity contribution < 1.29 is 4.90 Å². The van der Waals surface area contributed by atoms with Crippen LogP contribution in [-0.4, -0.2) is 18.1 Å². The highest BCUT2D eigenvalue weighted by Gasteiger charge is 2.21. The van der Waals surface area contributed by atoms with Crippen molar-refractivity contribution in [2.24, 2.45) is 5.92 Å². The van der Waals surface area contributed by atoms with Crippen LogP contribution in [0.15, 0.2) is 29.1 Å². The molecule has 1 aliphatic rings. The lowest BCUT2D eigenvalue weighted by Crippen LogP contribution is -3.12. The number of para-hydroxylation sites is 1. The molecule has 0 bridgehead atoms. The number of H-pyrrole nitrogens is 1. The second kappa shape index (κ2) is 5.41. The fraction of sp³-hybridized carbons (Fsp3) is 0.471. The molecule has 1 aromatic heterocycles. The first kappa shape index (κ1) is 13.4. The molecule has 0 unspecified atom stereocenters. The summed E-state index contributed by atoms with van der Waals surface area (Å²) in [5.41, 5.74) is 3.15. The number of aryl methyl sites for hydroxylation is 1. The molecule has 0 atom stereocenters. The van der Waals surface area contributed by atoms with Crippen LogP contribution >= 0.6 is 0 Å². The quantitative estimate of drug-likeness (QED) is 0.856. The number of nitrogens with one attached hydrogen (secondary N) is 2. The molecule has 2 N–H and O–H groups in total. The number of likely N-dealkylation sites (tertiary alicyclic amines) is 1. The Morgan fingerprint density at radius 3 is 2.70 bits per heavy atom. The summed E-state index contributed by atoms with van der Waals surface area (Å²) < 4.78 is 0. The predicted molar refractivity (Wildman–Crippen MR) is 82.1 cm³/mol. The molecule has 0 aliphatic carbocycles. The van der Waals surface area contributed by atoms with Crippen LogP contribution in [0.5, 0.6) is 0 Å². The van der Waals surface area contributed by atoms with E-state index in [-0.39, 0.29) is 5.43 Å². The van der Waals surface area contributed by atoms with Gasteiger partial charge in [-0.3, -0.25) is 4.79 Å². The van der Waals surface area contributed by atoms with Crippen molar-refractivity contribution in [2.75, 3.05) is 13.1 Å². The highest BCUT2D eigenvalue weighted by molar-refractivity contribution is 5.79. The number of quaternary nitrogens is 1. The molecule has 1 aromatic carbocycles. The number of fused-ring (bicyclic) bond motifs is 1. The maximum atomic E-state index is 12.7. The minimum Gasteiger partial charge on any atom is -0.358 e. The van der Waals surface area contributed by atoms with E-state index in [1.807, 2.05) is 31.2 Å². The number of aromatic amines is 1. The molecule has 20 heavy (non-hydrogen) atoms. The highest BCUT2D eigenvalue weighted by atomic mass is 16.1. The molecular formula is C17H23N2O+. The minimum atomic E-state index is 0.211. The van der Waals surface area contributed by atoms with Crippen LogP contribution in [0.3, 0.4) is 0 Å². The Morgan fingerprint density at radius 2 is 1.95 bits per heavy atom. The second-order valence-corrected chi connectivity index (χ2v) is 6.21. The van der Waals surface area contributed by atoms with Crippen molar-refractivity contribution in [1.82, 2.24) is 4.98 Å². The normalized spacial score (nSPS) is 23.1. The van der Waals surface area contributed by atoms with E-state index in [1.165, 1.54) is 25.9 Å². The largest absolute Gasteiger partial charge is 0.358 e. The molecule has 0 radical (unpaired) electrons. The van der Waals surface area contributed by atoms with Gasteiger partial charge < -0.3 is 9.88 Å². The van der Waals surface area contributed by atoms with Gasteiger partial charge in [-0.15, -0.1) is 0 Å². The van der Waals surface area contributed by atoms with Crippen molar-refractivity contribution in [3.8, 4) is 0 Å². The number of aromatic nitrogens is 1. The average Bonchev–Trinajstić information content (AvgIpc) is 2.45. The third-order valence-electron chi connectivity index (χ3n) is 4.63. The van der Waals surface area contributed by atoms with Gasteiger partial charge in [-0.05, 0) is 37.8 Å². The van der Waals surface area contributed by atoms with Crippen molar-refractivity contribution in [2.45, 2.75) is 33.2 Å². The first-order valence-electron chi connectivity index (χ1n) is 7.59. The molecule has 2 aromatic rings. The van der Waals surface area contributed by atoms with Gasteiger partial charge in [0.05, 0.1) is 18.7 Å². The molecule has 106 valence electrons. The van der Waals surface area contributed by atoms with Gasteiger partial charge in [0.1, 0.15) is 6.54 Å². The zero-order chi connectivity index (χ0) is 14.1. The first-order valence-corrected chi connectivity index (χ1v) is 7.59. The van der Waals surface area contributed by atoms with Crippen molar-refractivity contribution in [1.29, 1.82) is 0 Å². The summed E-state index contributed by atoms with van der Waals surface area (Å²) >= 11 is 0. The van der Waals surface area contributed by atoms with E-state index < -0.39 is 0 Å². The van der Waals surface area contributed by atoms with Crippen LogP contribution in [0, 0.1) is 12.8 Å². The van der Waals surface area contributed by atoms with Crippen LogP contribution in [0.4, 0.5) is 0 Å². The Kier molecular flexibility index (Phi) is 3.62. The molecule has 3 nitrogen and oxygen atoms in total. The van der Waals surface area contributed by atoms with E-state index in [1.54, 1.807) is 4.90 Å². The number of pyridine rings is 1.